The third kappa shape index (κ3) is 4.18. The van der Waals surface area contributed by atoms with Crippen LogP contribution in [0.2, 0.25) is 0 Å². The van der Waals surface area contributed by atoms with E-state index >= 15 is 0 Å². The van der Waals surface area contributed by atoms with Crippen molar-refractivity contribution in [2.75, 3.05) is 31.6 Å². The Balaban J connectivity index is 2.19. The van der Waals surface area contributed by atoms with Crippen molar-refractivity contribution in [3.63, 3.8) is 0 Å². The Labute approximate surface area is 127 Å². The van der Waals surface area contributed by atoms with Gasteiger partial charge in [0.15, 0.2) is 0 Å². The maximum atomic E-state index is 12.4. The second kappa shape index (κ2) is 7.24. The standard InChI is InChI=1S/C15H25N3O2S/c1-3-10-17-21(19,20)15-9-5-4-8-14(15)18(2)12-13-7-6-11-16-13/h4-5,8-9,13,16-17H,3,6-7,10-12H2,1-2H3. The first-order valence-electron chi connectivity index (χ1n) is 7.58. The molecule has 0 spiro atoms. The summed E-state index contributed by atoms with van der Waals surface area (Å²) in [5.41, 5.74) is 0.759. The van der Waals surface area contributed by atoms with Gasteiger partial charge < -0.3 is 10.2 Å². The third-order valence-electron chi connectivity index (χ3n) is 3.76. The second-order valence-electron chi connectivity index (χ2n) is 5.54. The molecule has 1 fully saturated rings. The maximum Gasteiger partial charge on any atom is 0.242 e. The van der Waals surface area contributed by atoms with Crippen molar-refractivity contribution in [1.82, 2.24) is 10.0 Å². The number of anilines is 1. The van der Waals surface area contributed by atoms with Gasteiger partial charge in [-0.2, -0.15) is 0 Å². The number of benzene rings is 1. The molecule has 0 aliphatic carbocycles. The Hall–Kier alpha value is -1.11. The average Bonchev–Trinajstić information content (AvgIpc) is 2.98. The highest BCUT2D eigenvalue weighted by Gasteiger charge is 2.22. The molecular formula is C15H25N3O2S. The normalized spacial score (nSPS) is 18.9. The highest BCUT2D eigenvalue weighted by atomic mass is 32.2. The van der Waals surface area contributed by atoms with Crippen molar-refractivity contribution in [1.29, 1.82) is 0 Å². The molecule has 5 nitrogen and oxygen atoms in total. The van der Waals surface area contributed by atoms with Crippen LogP contribution in [-0.4, -0.2) is 41.1 Å². The summed E-state index contributed by atoms with van der Waals surface area (Å²) in [5.74, 6) is 0. The van der Waals surface area contributed by atoms with Gasteiger partial charge in [-0.05, 0) is 37.9 Å². The Morgan fingerprint density at radius 1 is 1.38 bits per heavy atom. The number of rotatable bonds is 7. The molecule has 1 unspecified atom stereocenters. The van der Waals surface area contributed by atoms with Crippen molar-refractivity contribution >= 4 is 15.7 Å². The lowest BCUT2D eigenvalue weighted by Crippen LogP contribution is -2.36. The van der Waals surface area contributed by atoms with Crippen LogP contribution in [0.4, 0.5) is 5.69 Å². The highest BCUT2D eigenvalue weighted by molar-refractivity contribution is 7.89. The number of likely N-dealkylation sites (N-methyl/N-ethyl adjacent to an activating group) is 1. The lowest BCUT2D eigenvalue weighted by atomic mass is 10.2. The molecule has 2 rings (SSSR count). The molecule has 1 heterocycles. The van der Waals surface area contributed by atoms with E-state index in [0.717, 1.165) is 31.6 Å². The summed E-state index contributed by atoms with van der Waals surface area (Å²) in [6.45, 7) is 4.29. The van der Waals surface area contributed by atoms with E-state index in [1.807, 2.05) is 31.0 Å². The summed E-state index contributed by atoms with van der Waals surface area (Å²) >= 11 is 0. The van der Waals surface area contributed by atoms with E-state index in [-0.39, 0.29) is 0 Å². The fourth-order valence-corrected chi connectivity index (χ4v) is 4.04. The van der Waals surface area contributed by atoms with Gasteiger partial charge in [0.25, 0.3) is 0 Å². The highest BCUT2D eigenvalue weighted by Crippen LogP contribution is 2.24. The summed E-state index contributed by atoms with van der Waals surface area (Å²) < 4.78 is 27.4. The number of hydrogen-bond donors (Lipinski definition) is 2. The van der Waals surface area contributed by atoms with Crippen LogP contribution in [0.25, 0.3) is 0 Å². The van der Waals surface area contributed by atoms with E-state index in [1.165, 1.54) is 6.42 Å². The largest absolute Gasteiger partial charge is 0.372 e. The summed E-state index contributed by atoms with van der Waals surface area (Å²) in [7, 11) is -1.49. The molecule has 1 atom stereocenters. The van der Waals surface area contributed by atoms with Crippen molar-refractivity contribution in [2.24, 2.45) is 0 Å². The van der Waals surface area contributed by atoms with Crippen LogP contribution in [0.1, 0.15) is 26.2 Å². The minimum Gasteiger partial charge on any atom is -0.372 e. The number of para-hydroxylation sites is 1. The fraction of sp³-hybridized carbons (Fsp3) is 0.600. The smallest absolute Gasteiger partial charge is 0.242 e. The lowest BCUT2D eigenvalue weighted by molar-refractivity contribution is 0.577. The van der Waals surface area contributed by atoms with Gasteiger partial charge in [0.05, 0.1) is 5.69 Å². The molecule has 6 heteroatoms. The quantitative estimate of drug-likeness (QED) is 0.802. The number of nitrogens with zero attached hydrogens (tertiary/aromatic N) is 1. The van der Waals surface area contributed by atoms with Crippen LogP contribution in [0, 0.1) is 0 Å². The van der Waals surface area contributed by atoms with Gasteiger partial charge in [0.2, 0.25) is 10.0 Å². The van der Waals surface area contributed by atoms with Crippen molar-refractivity contribution in [2.45, 2.75) is 37.1 Å². The van der Waals surface area contributed by atoms with Crippen LogP contribution in [0.3, 0.4) is 0 Å². The monoisotopic (exact) mass is 311 g/mol. The van der Waals surface area contributed by atoms with Gasteiger partial charge in [-0.1, -0.05) is 19.1 Å². The predicted molar refractivity (Wildman–Crippen MR) is 86.2 cm³/mol. The van der Waals surface area contributed by atoms with E-state index in [2.05, 4.69) is 10.0 Å². The van der Waals surface area contributed by atoms with Crippen LogP contribution >= 0.6 is 0 Å². The first kappa shape index (κ1) is 16.3. The lowest BCUT2D eigenvalue weighted by Gasteiger charge is -2.25. The van der Waals surface area contributed by atoms with Crippen LogP contribution in [0.5, 0.6) is 0 Å². The minimum absolute atomic E-state index is 0.360. The predicted octanol–water partition coefficient (Wildman–Crippen LogP) is 1.56. The number of sulfonamides is 1. The van der Waals surface area contributed by atoms with Gasteiger partial charge in [0, 0.05) is 26.2 Å². The summed E-state index contributed by atoms with van der Waals surface area (Å²) in [6.07, 6.45) is 3.12. The topological polar surface area (TPSA) is 61.4 Å². The molecule has 118 valence electrons. The van der Waals surface area contributed by atoms with E-state index < -0.39 is 10.0 Å². The van der Waals surface area contributed by atoms with Crippen molar-refractivity contribution in [3.8, 4) is 0 Å². The Kier molecular flexibility index (Phi) is 5.61. The number of nitrogens with one attached hydrogen (secondary N) is 2. The van der Waals surface area contributed by atoms with Gasteiger partial charge in [-0.25, -0.2) is 13.1 Å². The third-order valence-corrected chi connectivity index (χ3v) is 5.27. The molecule has 0 saturated carbocycles. The van der Waals surface area contributed by atoms with Gasteiger partial charge in [-0.15, -0.1) is 0 Å². The van der Waals surface area contributed by atoms with Gasteiger partial charge in [0.1, 0.15) is 4.90 Å². The second-order valence-corrected chi connectivity index (χ2v) is 7.27. The molecule has 0 radical (unpaired) electrons. The number of hydrogen-bond acceptors (Lipinski definition) is 4. The molecular weight excluding hydrogens is 286 g/mol. The van der Waals surface area contributed by atoms with Gasteiger partial charge in [-0.3, -0.25) is 0 Å². The molecule has 2 N–H and O–H groups in total. The fourth-order valence-electron chi connectivity index (χ4n) is 2.66. The summed E-state index contributed by atoms with van der Waals surface area (Å²) in [5, 5.41) is 3.44. The summed E-state index contributed by atoms with van der Waals surface area (Å²) in [6, 6.07) is 7.63. The molecule has 1 aromatic carbocycles. The molecule has 0 bridgehead atoms. The molecule has 1 aliphatic rings. The minimum atomic E-state index is -3.44. The molecule has 0 aromatic heterocycles. The molecule has 1 aliphatic heterocycles. The molecule has 21 heavy (non-hydrogen) atoms. The van der Waals surface area contributed by atoms with Crippen LogP contribution in [0.15, 0.2) is 29.2 Å². The Morgan fingerprint density at radius 3 is 2.81 bits per heavy atom. The van der Waals surface area contributed by atoms with E-state index in [9.17, 15) is 8.42 Å². The van der Waals surface area contributed by atoms with Crippen molar-refractivity contribution < 1.29 is 8.42 Å². The summed E-state index contributed by atoms with van der Waals surface area (Å²) in [4.78, 5) is 2.39. The zero-order valence-corrected chi connectivity index (χ0v) is 13.6. The zero-order valence-electron chi connectivity index (χ0n) is 12.8. The Morgan fingerprint density at radius 2 is 2.14 bits per heavy atom. The van der Waals surface area contributed by atoms with Crippen molar-refractivity contribution in [3.05, 3.63) is 24.3 Å². The van der Waals surface area contributed by atoms with Crippen LogP contribution in [-0.2, 0) is 10.0 Å². The van der Waals surface area contributed by atoms with E-state index in [1.54, 1.807) is 12.1 Å². The van der Waals surface area contributed by atoms with Crippen LogP contribution < -0.4 is 14.9 Å². The molecule has 1 saturated heterocycles. The first-order chi connectivity index (χ1) is 10.0. The maximum absolute atomic E-state index is 12.4. The van der Waals surface area contributed by atoms with E-state index in [4.69, 9.17) is 0 Å². The first-order valence-corrected chi connectivity index (χ1v) is 9.06. The Bertz CT molecular complexity index is 554. The van der Waals surface area contributed by atoms with Gasteiger partial charge >= 0.3 is 0 Å². The van der Waals surface area contributed by atoms with E-state index in [0.29, 0.717) is 17.5 Å². The molecule has 0 amide bonds. The average molecular weight is 311 g/mol. The SMILES string of the molecule is CCCNS(=O)(=O)c1ccccc1N(C)CC1CCCN1. The molecule has 1 aromatic rings. The zero-order chi connectivity index (χ0) is 15.3.